The number of hydrogen-bond acceptors (Lipinski definition) is 3. The molecule has 0 bridgehead atoms. The summed E-state index contributed by atoms with van der Waals surface area (Å²) in [6.07, 6.45) is -1.88. The van der Waals surface area contributed by atoms with Crippen molar-refractivity contribution < 1.29 is 37.0 Å². The van der Waals surface area contributed by atoms with Gasteiger partial charge in [0.25, 0.3) is 0 Å². The largest absolute Gasteiger partial charge is 0.488 e. The molecule has 1 N–H and O–H groups in total. The van der Waals surface area contributed by atoms with Gasteiger partial charge in [-0.1, -0.05) is 12.1 Å². The molecule has 5 nitrogen and oxygen atoms in total. The van der Waals surface area contributed by atoms with Crippen molar-refractivity contribution >= 4 is 28.7 Å². The molecule has 2 aliphatic rings. The maximum absolute atomic E-state index is 13.7. The maximum atomic E-state index is 13.7. The summed E-state index contributed by atoms with van der Waals surface area (Å²) in [4.78, 5) is 25.9. The Morgan fingerprint density at radius 3 is 2.33 bits per heavy atom. The van der Waals surface area contributed by atoms with Crippen LogP contribution in [0.25, 0.3) is 11.1 Å². The van der Waals surface area contributed by atoms with E-state index in [4.69, 9.17) is 4.74 Å². The van der Waals surface area contributed by atoms with Crippen molar-refractivity contribution in [2.45, 2.75) is 44.9 Å². The van der Waals surface area contributed by atoms with Crippen molar-refractivity contribution in [2.24, 2.45) is 0 Å². The summed E-state index contributed by atoms with van der Waals surface area (Å²) >= 11 is 0. The molecule has 9 heteroatoms. The predicted octanol–water partition coefficient (Wildman–Crippen LogP) is 7.34. The highest BCUT2D eigenvalue weighted by Crippen LogP contribution is 2.45. The zero-order valence-corrected chi connectivity index (χ0v) is 20.9. The van der Waals surface area contributed by atoms with Crippen molar-refractivity contribution in [3.05, 3.63) is 94.3 Å². The number of halogens is 4. The third-order valence-corrected chi connectivity index (χ3v) is 7.06. The first-order chi connectivity index (χ1) is 18.6. The highest BCUT2D eigenvalue weighted by molar-refractivity contribution is 6.01. The Balaban J connectivity index is 1.60. The second-order valence-electron chi connectivity index (χ2n) is 9.66. The number of nitrogens with zero attached hydrogens (tertiary/aromatic N) is 1. The molecule has 3 aromatic rings. The van der Waals surface area contributed by atoms with Gasteiger partial charge < -0.3 is 14.7 Å². The molecule has 0 unspecified atom stereocenters. The van der Waals surface area contributed by atoms with Gasteiger partial charge in [-0.2, -0.15) is 13.2 Å². The van der Waals surface area contributed by atoms with Gasteiger partial charge in [0.05, 0.1) is 11.1 Å². The summed E-state index contributed by atoms with van der Waals surface area (Å²) in [5.74, 6) is -1.43. The highest BCUT2D eigenvalue weighted by atomic mass is 19.4. The summed E-state index contributed by atoms with van der Waals surface area (Å²) in [6.45, 7) is 0.499. The van der Waals surface area contributed by atoms with Crippen molar-refractivity contribution in [3.8, 4) is 5.75 Å². The number of amides is 1. The molecule has 1 fully saturated rings. The molecule has 0 radical (unpaired) electrons. The van der Waals surface area contributed by atoms with Gasteiger partial charge in [-0.3, -0.25) is 4.79 Å². The van der Waals surface area contributed by atoms with Gasteiger partial charge in [0, 0.05) is 24.2 Å². The van der Waals surface area contributed by atoms with Crippen LogP contribution in [0.2, 0.25) is 0 Å². The first kappa shape index (κ1) is 26.5. The van der Waals surface area contributed by atoms with E-state index in [1.54, 1.807) is 11.0 Å². The SMILES string of the molecule is O=C(O)c1cc(C2=C(c3cc(C(F)(F)F)ccc3OCc3ccc(F)cc3)CCC2)cc(N2CCCC2=O)c1. The van der Waals surface area contributed by atoms with Crippen molar-refractivity contribution in [2.75, 3.05) is 11.4 Å². The Kier molecular flexibility index (Phi) is 7.16. The number of anilines is 1. The molecular formula is C30H25F4NO4. The van der Waals surface area contributed by atoms with Crippen LogP contribution in [-0.2, 0) is 17.6 Å². The molecule has 1 amide bonds. The summed E-state index contributed by atoms with van der Waals surface area (Å²) in [5, 5.41) is 9.75. The van der Waals surface area contributed by atoms with Crippen LogP contribution in [0.5, 0.6) is 5.75 Å². The lowest BCUT2D eigenvalue weighted by Gasteiger charge is -2.20. The number of benzene rings is 3. The first-order valence-electron chi connectivity index (χ1n) is 12.6. The molecule has 5 rings (SSSR count). The number of carbonyl (C=O) groups excluding carboxylic acids is 1. The minimum atomic E-state index is -4.57. The van der Waals surface area contributed by atoms with Crippen molar-refractivity contribution in [1.82, 2.24) is 0 Å². The van der Waals surface area contributed by atoms with Gasteiger partial charge in [-0.05, 0) is 96.5 Å². The highest BCUT2D eigenvalue weighted by Gasteiger charge is 2.33. The normalized spacial score (nSPS) is 15.8. The van der Waals surface area contributed by atoms with Crippen molar-refractivity contribution in [1.29, 1.82) is 0 Å². The van der Waals surface area contributed by atoms with Crippen LogP contribution in [-0.4, -0.2) is 23.5 Å². The Morgan fingerprint density at radius 2 is 1.67 bits per heavy atom. The van der Waals surface area contributed by atoms with Crippen LogP contribution in [0.4, 0.5) is 23.2 Å². The molecule has 1 heterocycles. The summed E-state index contributed by atoms with van der Waals surface area (Å²) < 4.78 is 60.3. The zero-order chi connectivity index (χ0) is 27.7. The quantitative estimate of drug-likeness (QED) is 0.319. The number of alkyl halides is 3. The third-order valence-electron chi connectivity index (χ3n) is 7.06. The number of allylic oxidation sites excluding steroid dienone is 2. The molecule has 202 valence electrons. The summed E-state index contributed by atoms with van der Waals surface area (Å²) in [6, 6.07) is 13.6. The minimum Gasteiger partial charge on any atom is -0.488 e. The Bertz CT molecular complexity index is 1460. The van der Waals surface area contributed by atoms with E-state index < -0.39 is 23.5 Å². The van der Waals surface area contributed by atoms with E-state index in [2.05, 4.69) is 0 Å². The Hall–Kier alpha value is -4.14. The smallest absolute Gasteiger partial charge is 0.416 e. The molecule has 1 saturated heterocycles. The van der Waals surface area contributed by atoms with E-state index >= 15 is 0 Å². The van der Waals surface area contributed by atoms with Crippen molar-refractivity contribution in [3.63, 3.8) is 0 Å². The van der Waals surface area contributed by atoms with Gasteiger partial charge in [0.15, 0.2) is 0 Å². The van der Waals surface area contributed by atoms with E-state index in [1.165, 1.54) is 42.5 Å². The summed E-state index contributed by atoms with van der Waals surface area (Å²) in [5.41, 5.74) is 2.47. The summed E-state index contributed by atoms with van der Waals surface area (Å²) in [7, 11) is 0. The van der Waals surface area contributed by atoms with Crippen LogP contribution in [0.15, 0.2) is 60.7 Å². The predicted molar refractivity (Wildman–Crippen MR) is 138 cm³/mol. The number of carboxylic acids is 1. The number of rotatable bonds is 7. The lowest BCUT2D eigenvalue weighted by Crippen LogP contribution is -2.24. The minimum absolute atomic E-state index is 0.00206. The molecule has 0 saturated carbocycles. The van der Waals surface area contributed by atoms with Gasteiger partial charge >= 0.3 is 12.1 Å². The van der Waals surface area contributed by atoms with E-state index in [-0.39, 0.29) is 29.4 Å². The van der Waals surface area contributed by atoms with Crippen LogP contribution >= 0.6 is 0 Å². The number of carboxylic acid groups (broad SMARTS) is 1. The van der Waals surface area contributed by atoms with E-state index in [0.29, 0.717) is 61.0 Å². The molecule has 3 aromatic carbocycles. The van der Waals surface area contributed by atoms with E-state index in [0.717, 1.165) is 17.7 Å². The number of carbonyl (C=O) groups is 2. The van der Waals surface area contributed by atoms with Gasteiger partial charge in [0.1, 0.15) is 18.2 Å². The molecule has 39 heavy (non-hydrogen) atoms. The second-order valence-corrected chi connectivity index (χ2v) is 9.66. The molecule has 0 spiro atoms. The average molecular weight is 540 g/mol. The number of ether oxygens (including phenoxy) is 1. The molecular weight excluding hydrogens is 514 g/mol. The number of hydrogen-bond donors (Lipinski definition) is 1. The van der Waals surface area contributed by atoms with E-state index in [1.807, 2.05) is 0 Å². The monoisotopic (exact) mass is 539 g/mol. The standard InChI is InChI=1S/C30H25F4NO4/c31-22-9-6-18(7-10-22)17-39-27-11-8-21(30(32,33)34)16-26(27)25-4-1-3-24(25)19-13-20(29(37)38)15-23(14-19)35-12-2-5-28(35)36/h6-11,13-16H,1-5,12,17H2,(H,37,38). The zero-order valence-electron chi connectivity index (χ0n) is 20.9. The fourth-order valence-electron chi connectivity index (χ4n) is 5.16. The average Bonchev–Trinajstić information content (AvgIpc) is 3.57. The van der Waals surface area contributed by atoms with Crippen LogP contribution < -0.4 is 9.64 Å². The van der Waals surface area contributed by atoms with E-state index in [9.17, 15) is 32.3 Å². The third kappa shape index (κ3) is 5.67. The van der Waals surface area contributed by atoms with Gasteiger partial charge in [-0.25, -0.2) is 9.18 Å². The molecule has 1 aliphatic heterocycles. The lowest BCUT2D eigenvalue weighted by atomic mass is 9.93. The fraction of sp³-hybridized carbons (Fsp3) is 0.267. The molecule has 0 atom stereocenters. The van der Waals surface area contributed by atoms with Gasteiger partial charge in [-0.15, -0.1) is 0 Å². The second kappa shape index (κ2) is 10.6. The van der Waals surface area contributed by atoms with Crippen LogP contribution in [0.3, 0.4) is 0 Å². The van der Waals surface area contributed by atoms with Crippen LogP contribution in [0.1, 0.15) is 64.7 Å². The number of aromatic carboxylic acids is 1. The maximum Gasteiger partial charge on any atom is 0.416 e. The topological polar surface area (TPSA) is 66.8 Å². The Labute approximate surface area is 222 Å². The van der Waals surface area contributed by atoms with Crippen LogP contribution in [0, 0.1) is 5.82 Å². The fourth-order valence-corrected chi connectivity index (χ4v) is 5.16. The first-order valence-corrected chi connectivity index (χ1v) is 12.6. The Morgan fingerprint density at radius 1 is 0.923 bits per heavy atom. The molecule has 1 aliphatic carbocycles. The van der Waals surface area contributed by atoms with Gasteiger partial charge in [0.2, 0.25) is 5.91 Å². The molecule has 0 aromatic heterocycles. The lowest BCUT2D eigenvalue weighted by molar-refractivity contribution is -0.137.